The molecule has 3 rings (SSSR count). The number of fused-ring (bicyclic) bond motifs is 1. The molecule has 0 spiro atoms. The third-order valence-corrected chi connectivity index (χ3v) is 6.07. The lowest BCUT2D eigenvalue weighted by atomic mass is 9.77. The Morgan fingerprint density at radius 3 is 1.78 bits per heavy atom. The molecule has 2 aromatic carbocycles. The average Bonchev–Trinajstić information content (AvgIpc) is 3.09. The van der Waals surface area contributed by atoms with Crippen molar-refractivity contribution in [1.82, 2.24) is 0 Å². The van der Waals surface area contributed by atoms with Gasteiger partial charge in [-0.1, -0.05) is 68.0 Å². The Bertz CT molecular complexity index is 970. The van der Waals surface area contributed by atoms with Crippen molar-refractivity contribution in [2.24, 2.45) is 5.92 Å². The van der Waals surface area contributed by atoms with Gasteiger partial charge in [-0.05, 0) is 46.6 Å². The second-order valence-electron chi connectivity index (χ2n) is 7.90. The number of alkyl halides is 9. The van der Waals surface area contributed by atoms with E-state index in [4.69, 9.17) is 0 Å². The van der Waals surface area contributed by atoms with Crippen LogP contribution in [-0.2, 0) is 11.8 Å². The van der Waals surface area contributed by atoms with Crippen LogP contribution in [0.25, 0.3) is 17.2 Å². The Kier molecular flexibility index (Phi) is 5.93. The Balaban J connectivity index is 2.14. The first kappa shape index (κ1) is 24.2. The number of hydrogen-bond donors (Lipinski definition) is 0. The normalized spacial score (nSPS) is 16.0. The first-order valence-corrected chi connectivity index (χ1v) is 9.78. The Morgan fingerprint density at radius 2 is 1.31 bits per heavy atom. The molecule has 1 aliphatic rings. The predicted octanol–water partition coefficient (Wildman–Crippen LogP) is 8.26. The molecule has 1 unspecified atom stereocenters. The van der Waals surface area contributed by atoms with Gasteiger partial charge in [0.15, 0.2) is 0 Å². The fourth-order valence-electron chi connectivity index (χ4n) is 4.10. The van der Waals surface area contributed by atoms with Crippen LogP contribution < -0.4 is 0 Å². The van der Waals surface area contributed by atoms with Crippen molar-refractivity contribution < 1.29 is 39.5 Å². The third kappa shape index (κ3) is 3.69. The minimum Gasteiger partial charge on any atom is -0.169 e. The van der Waals surface area contributed by atoms with Crippen LogP contribution in [0.1, 0.15) is 37.0 Å². The summed E-state index contributed by atoms with van der Waals surface area (Å²) < 4.78 is 120. The van der Waals surface area contributed by atoms with E-state index in [1.54, 1.807) is 12.1 Å². The minimum absolute atomic E-state index is 0.229. The van der Waals surface area contributed by atoms with Gasteiger partial charge >= 0.3 is 18.5 Å². The molecule has 174 valence electrons. The molecule has 2 aromatic rings. The molecule has 0 aliphatic heterocycles. The summed E-state index contributed by atoms with van der Waals surface area (Å²) in [7, 11) is 0. The molecule has 9 heteroatoms. The van der Waals surface area contributed by atoms with E-state index >= 15 is 0 Å². The summed E-state index contributed by atoms with van der Waals surface area (Å²) in [6.45, 7) is 4.06. The molecule has 0 radical (unpaired) electrons. The van der Waals surface area contributed by atoms with Crippen molar-refractivity contribution in [2.45, 2.75) is 50.6 Å². The summed E-state index contributed by atoms with van der Waals surface area (Å²) in [4.78, 5) is 0. The molecule has 0 nitrogen and oxygen atoms in total. The summed E-state index contributed by atoms with van der Waals surface area (Å²) in [5.74, 6) is 0.281. The molecule has 1 atom stereocenters. The van der Waals surface area contributed by atoms with Crippen molar-refractivity contribution in [1.29, 1.82) is 0 Å². The van der Waals surface area contributed by atoms with Gasteiger partial charge < -0.3 is 0 Å². The highest BCUT2D eigenvalue weighted by Gasteiger charge is 2.84. The van der Waals surface area contributed by atoms with Crippen LogP contribution in [0.3, 0.4) is 0 Å². The highest BCUT2D eigenvalue weighted by Crippen LogP contribution is 2.60. The van der Waals surface area contributed by atoms with Crippen LogP contribution in [0.15, 0.2) is 48.0 Å². The van der Waals surface area contributed by atoms with Crippen LogP contribution in [-0.4, -0.2) is 18.5 Å². The lowest BCUT2D eigenvalue weighted by molar-refractivity contribution is -0.387. The van der Waals surface area contributed by atoms with E-state index in [0.29, 0.717) is 12.0 Å². The van der Waals surface area contributed by atoms with Crippen LogP contribution in [0.5, 0.6) is 0 Å². The SMILES string of the molecule is CCC(C)C1=Cc2c(cccc2-c2ccc(C(C(F)(F)F)(C(F)(F)F)C(F)(F)F)cc2)C1. The van der Waals surface area contributed by atoms with E-state index in [9.17, 15) is 39.5 Å². The quantitative estimate of drug-likeness (QED) is 0.398. The van der Waals surface area contributed by atoms with E-state index in [2.05, 4.69) is 0 Å². The van der Waals surface area contributed by atoms with Crippen LogP contribution in [0.2, 0.25) is 0 Å². The third-order valence-electron chi connectivity index (χ3n) is 6.07. The van der Waals surface area contributed by atoms with E-state index < -0.39 is 29.5 Å². The minimum atomic E-state index is -6.63. The Labute approximate surface area is 178 Å². The average molecular weight is 466 g/mol. The highest BCUT2D eigenvalue weighted by molar-refractivity contribution is 5.81. The molecule has 0 aromatic heterocycles. The summed E-state index contributed by atoms with van der Waals surface area (Å²) in [6, 6.07) is 7.46. The summed E-state index contributed by atoms with van der Waals surface area (Å²) >= 11 is 0. The van der Waals surface area contributed by atoms with Gasteiger partial charge in [-0.3, -0.25) is 0 Å². The lowest BCUT2D eigenvalue weighted by Gasteiger charge is -2.38. The van der Waals surface area contributed by atoms with E-state index in [1.807, 2.05) is 26.0 Å². The van der Waals surface area contributed by atoms with E-state index in [1.165, 1.54) is 0 Å². The maximum atomic E-state index is 13.4. The molecule has 0 fully saturated rings. The monoisotopic (exact) mass is 466 g/mol. The van der Waals surface area contributed by atoms with Gasteiger partial charge in [0.25, 0.3) is 5.41 Å². The molecule has 0 amide bonds. The first-order chi connectivity index (χ1) is 14.6. The van der Waals surface area contributed by atoms with Crippen molar-refractivity contribution in [3.63, 3.8) is 0 Å². The maximum absolute atomic E-state index is 13.4. The largest absolute Gasteiger partial charge is 0.416 e. The van der Waals surface area contributed by atoms with Crippen LogP contribution >= 0.6 is 0 Å². The van der Waals surface area contributed by atoms with Gasteiger partial charge in [-0.2, -0.15) is 39.5 Å². The van der Waals surface area contributed by atoms with Crippen molar-refractivity contribution in [3.05, 3.63) is 64.7 Å². The Hall–Kier alpha value is -2.45. The van der Waals surface area contributed by atoms with Gasteiger partial charge in [-0.25, -0.2) is 0 Å². The fourth-order valence-corrected chi connectivity index (χ4v) is 4.10. The van der Waals surface area contributed by atoms with Gasteiger partial charge in [0.2, 0.25) is 0 Å². The zero-order valence-electron chi connectivity index (χ0n) is 17.0. The van der Waals surface area contributed by atoms with Crippen molar-refractivity contribution >= 4 is 6.08 Å². The van der Waals surface area contributed by atoms with Crippen LogP contribution in [0, 0.1) is 5.92 Å². The van der Waals surface area contributed by atoms with E-state index in [0.717, 1.165) is 35.3 Å². The molecule has 32 heavy (non-hydrogen) atoms. The van der Waals surface area contributed by atoms with Gasteiger partial charge in [0, 0.05) is 0 Å². The van der Waals surface area contributed by atoms with Crippen molar-refractivity contribution in [2.75, 3.05) is 0 Å². The molecule has 0 heterocycles. The molecule has 0 saturated carbocycles. The number of rotatable bonds is 4. The summed E-state index contributed by atoms with van der Waals surface area (Å²) in [6.07, 6.45) is -16.4. The second-order valence-corrected chi connectivity index (χ2v) is 7.90. The molecular formula is C23H19F9. The smallest absolute Gasteiger partial charge is 0.169 e. The standard InChI is InChI=1S/C23H19F9/c1-3-13(2)16-11-15-5-4-6-18(19(15)12-16)14-7-9-17(10-8-14)20(21(24,25)26,22(27,28)29)23(30,31)32/h4-10,12-13H,3,11H2,1-2H3. The topological polar surface area (TPSA) is 0 Å². The zero-order chi connectivity index (χ0) is 24.1. The molecular weight excluding hydrogens is 447 g/mol. The maximum Gasteiger partial charge on any atom is 0.416 e. The van der Waals surface area contributed by atoms with Gasteiger partial charge in [0.1, 0.15) is 0 Å². The second kappa shape index (κ2) is 7.85. The number of benzene rings is 2. The number of allylic oxidation sites excluding steroid dienone is 1. The number of hydrogen-bond acceptors (Lipinski definition) is 0. The van der Waals surface area contributed by atoms with Gasteiger partial charge in [0.05, 0.1) is 0 Å². The number of halogens is 9. The zero-order valence-corrected chi connectivity index (χ0v) is 17.0. The van der Waals surface area contributed by atoms with Crippen LogP contribution in [0.4, 0.5) is 39.5 Å². The predicted molar refractivity (Wildman–Crippen MR) is 103 cm³/mol. The molecule has 0 saturated heterocycles. The molecule has 0 bridgehead atoms. The molecule has 0 N–H and O–H groups in total. The van der Waals surface area contributed by atoms with Crippen molar-refractivity contribution in [3.8, 4) is 11.1 Å². The highest BCUT2D eigenvalue weighted by atomic mass is 19.4. The lowest BCUT2D eigenvalue weighted by Crippen LogP contribution is -2.63. The summed E-state index contributed by atoms with van der Waals surface area (Å²) in [5, 5.41) is 0. The fraction of sp³-hybridized carbons (Fsp3) is 0.391. The molecule has 1 aliphatic carbocycles. The Morgan fingerprint density at radius 1 is 0.781 bits per heavy atom. The van der Waals surface area contributed by atoms with E-state index in [-0.39, 0.29) is 23.6 Å². The first-order valence-electron chi connectivity index (χ1n) is 9.78. The van der Waals surface area contributed by atoms with Gasteiger partial charge in [-0.15, -0.1) is 0 Å². The summed E-state index contributed by atoms with van der Waals surface area (Å²) in [5.41, 5.74) is -4.29.